The van der Waals surface area contributed by atoms with Crippen molar-refractivity contribution < 1.29 is 36.3 Å². The van der Waals surface area contributed by atoms with E-state index in [-0.39, 0.29) is 18.6 Å². The molecule has 0 radical (unpaired) electrons. The van der Waals surface area contributed by atoms with Gasteiger partial charge in [-0.15, -0.1) is 0 Å². The van der Waals surface area contributed by atoms with Gasteiger partial charge in [0.1, 0.15) is 5.75 Å². The highest BCUT2D eigenvalue weighted by Crippen LogP contribution is 2.35. The third-order valence-electron chi connectivity index (χ3n) is 1.96. The monoisotopic (exact) mass is 268 g/mol. The molecule has 8 heteroatoms. The normalized spacial score (nSPS) is 11.4. The molecule has 3 nitrogen and oxygen atoms in total. The van der Waals surface area contributed by atoms with Crippen molar-refractivity contribution >= 4 is 12.6 Å². The van der Waals surface area contributed by atoms with Gasteiger partial charge in [0.05, 0.1) is 5.56 Å². The molecular weight excluding hydrogens is 263 g/mol. The maximum absolute atomic E-state index is 12.6. The van der Waals surface area contributed by atoms with Crippen LogP contribution >= 0.6 is 0 Å². The minimum atomic E-state index is -4.96. The number of carbonyl (C=O) groups excluding carboxylic acids is 2. The number of benzene rings is 1. The second kappa shape index (κ2) is 5.11. The molecule has 0 fully saturated rings. The van der Waals surface area contributed by atoms with Gasteiger partial charge >= 0.3 is 12.8 Å². The Bertz CT molecular complexity index is 467. The molecule has 0 N–H and O–H groups in total. The highest BCUT2D eigenvalue weighted by atomic mass is 19.4. The van der Waals surface area contributed by atoms with Gasteiger partial charge in [-0.2, -0.15) is 22.0 Å². The number of carbonyl (C=O) groups is 2. The molecule has 0 aliphatic rings. The van der Waals surface area contributed by atoms with E-state index in [1.54, 1.807) is 0 Å². The van der Waals surface area contributed by atoms with Crippen LogP contribution in [0.5, 0.6) is 5.75 Å². The first-order chi connectivity index (χ1) is 8.29. The predicted octanol–water partition coefficient (Wildman–Crippen LogP) is 2.93. The quantitative estimate of drug-likeness (QED) is 0.623. The molecule has 0 bridgehead atoms. The number of rotatable bonds is 4. The molecule has 0 aliphatic carbocycles. The maximum Gasteiger partial charge on any atom is 0.417 e. The van der Waals surface area contributed by atoms with Crippen LogP contribution in [0.25, 0.3) is 0 Å². The zero-order chi connectivity index (χ0) is 13.9. The fourth-order valence-electron chi connectivity index (χ4n) is 1.28. The molecule has 0 atom stereocenters. The zero-order valence-corrected chi connectivity index (χ0v) is 8.50. The molecule has 0 amide bonds. The highest BCUT2D eigenvalue weighted by molar-refractivity contribution is 5.92. The number of aldehydes is 2. The van der Waals surface area contributed by atoms with Crippen LogP contribution in [-0.4, -0.2) is 19.2 Å². The van der Waals surface area contributed by atoms with E-state index in [0.29, 0.717) is 6.07 Å². The van der Waals surface area contributed by atoms with E-state index in [9.17, 15) is 31.5 Å². The van der Waals surface area contributed by atoms with Crippen LogP contribution in [0.3, 0.4) is 0 Å². The molecule has 18 heavy (non-hydrogen) atoms. The van der Waals surface area contributed by atoms with Gasteiger partial charge in [-0.25, -0.2) is 0 Å². The summed E-state index contributed by atoms with van der Waals surface area (Å²) in [7, 11) is 0. The van der Waals surface area contributed by atoms with Crippen LogP contribution in [0.15, 0.2) is 12.1 Å². The van der Waals surface area contributed by atoms with Crippen LogP contribution in [0, 0.1) is 0 Å². The lowest BCUT2D eigenvalue weighted by molar-refractivity contribution is -0.138. The van der Waals surface area contributed by atoms with E-state index >= 15 is 0 Å². The second-order valence-electron chi connectivity index (χ2n) is 3.09. The summed E-state index contributed by atoms with van der Waals surface area (Å²) >= 11 is 0. The summed E-state index contributed by atoms with van der Waals surface area (Å²) in [5, 5.41) is 0. The van der Waals surface area contributed by atoms with Gasteiger partial charge in [-0.05, 0) is 12.1 Å². The van der Waals surface area contributed by atoms with Crippen LogP contribution in [0.4, 0.5) is 22.0 Å². The van der Waals surface area contributed by atoms with E-state index in [1.165, 1.54) is 0 Å². The summed E-state index contributed by atoms with van der Waals surface area (Å²) in [4.78, 5) is 21.1. The van der Waals surface area contributed by atoms with Gasteiger partial charge in [0.2, 0.25) is 0 Å². The van der Waals surface area contributed by atoms with Crippen molar-refractivity contribution in [2.75, 3.05) is 0 Å². The SMILES string of the molecule is O=Cc1cc(OC(F)F)cc(C(F)(F)F)c1C=O. The topological polar surface area (TPSA) is 43.4 Å². The molecule has 0 spiro atoms. The summed E-state index contributed by atoms with van der Waals surface area (Å²) < 4.78 is 65.2. The Morgan fingerprint density at radius 1 is 1.11 bits per heavy atom. The van der Waals surface area contributed by atoms with Gasteiger partial charge in [-0.1, -0.05) is 0 Å². The Labute approximate surface area is 97.2 Å². The predicted molar refractivity (Wildman–Crippen MR) is 48.9 cm³/mol. The smallest absolute Gasteiger partial charge is 0.417 e. The summed E-state index contributed by atoms with van der Waals surface area (Å²) in [5.41, 5.74) is -3.09. The van der Waals surface area contributed by atoms with Gasteiger partial charge in [0.15, 0.2) is 12.6 Å². The maximum atomic E-state index is 12.6. The van der Waals surface area contributed by atoms with Crippen molar-refractivity contribution in [2.24, 2.45) is 0 Å². The van der Waals surface area contributed by atoms with Gasteiger partial charge < -0.3 is 4.74 Å². The number of hydrogen-bond donors (Lipinski definition) is 0. The minimum Gasteiger partial charge on any atom is -0.435 e. The van der Waals surface area contributed by atoms with Crippen LogP contribution < -0.4 is 4.74 Å². The third kappa shape index (κ3) is 3.02. The molecule has 0 heterocycles. The Kier molecular flexibility index (Phi) is 4.00. The number of alkyl halides is 5. The van der Waals surface area contributed by atoms with Crippen LogP contribution in [0.1, 0.15) is 26.3 Å². The number of ether oxygens (including phenoxy) is 1. The van der Waals surface area contributed by atoms with Gasteiger partial charge in [0, 0.05) is 11.1 Å². The van der Waals surface area contributed by atoms with Crippen molar-refractivity contribution in [2.45, 2.75) is 12.8 Å². The summed E-state index contributed by atoms with van der Waals surface area (Å²) in [6.07, 6.45) is -5.18. The zero-order valence-electron chi connectivity index (χ0n) is 8.50. The lowest BCUT2D eigenvalue weighted by Gasteiger charge is -2.13. The molecule has 0 aromatic heterocycles. The lowest BCUT2D eigenvalue weighted by atomic mass is 10.0. The average molecular weight is 268 g/mol. The average Bonchev–Trinajstić information content (AvgIpc) is 2.25. The summed E-state index contributed by atoms with van der Waals surface area (Å²) in [5.74, 6) is -0.843. The fraction of sp³-hybridized carbons (Fsp3) is 0.200. The molecule has 0 unspecified atom stereocenters. The number of halogens is 5. The molecule has 0 saturated heterocycles. The molecule has 0 saturated carbocycles. The Morgan fingerprint density at radius 2 is 1.72 bits per heavy atom. The Hall–Kier alpha value is -1.99. The molecule has 1 aromatic carbocycles. The van der Waals surface area contributed by atoms with Crippen molar-refractivity contribution in [3.63, 3.8) is 0 Å². The van der Waals surface area contributed by atoms with E-state index in [0.717, 1.165) is 0 Å². The summed E-state index contributed by atoms with van der Waals surface area (Å²) in [6.45, 7) is -3.34. The first kappa shape index (κ1) is 14.1. The molecular formula is C10H5F5O3. The highest BCUT2D eigenvalue weighted by Gasteiger charge is 2.35. The summed E-state index contributed by atoms with van der Waals surface area (Å²) in [6, 6.07) is 0.876. The first-order valence-electron chi connectivity index (χ1n) is 4.40. The van der Waals surface area contributed by atoms with Crippen molar-refractivity contribution in [1.29, 1.82) is 0 Å². The van der Waals surface area contributed by atoms with Gasteiger partial charge in [-0.3, -0.25) is 9.59 Å². The fourth-order valence-corrected chi connectivity index (χ4v) is 1.28. The van der Waals surface area contributed by atoms with E-state index in [1.807, 2.05) is 0 Å². The van der Waals surface area contributed by atoms with Crippen molar-refractivity contribution in [1.82, 2.24) is 0 Å². The van der Waals surface area contributed by atoms with Crippen molar-refractivity contribution in [3.8, 4) is 5.75 Å². The molecule has 1 rings (SSSR count). The molecule has 98 valence electrons. The largest absolute Gasteiger partial charge is 0.435 e. The van der Waals surface area contributed by atoms with E-state index < -0.39 is 35.2 Å². The van der Waals surface area contributed by atoms with Gasteiger partial charge in [0.25, 0.3) is 0 Å². The van der Waals surface area contributed by atoms with Crippen LogP contribution in [0.2, 0.25) is 0 Å². The molecule has 0 aliphatic heterocycles. The second-order valence-corrected chi connectivity index (χ2v) is 3.09. The Morgan fingerprint density at radius 3 is 2.11 bits per heavy atom. The minimum absolute atomic E-state index is 0.0443. The first-order valence-corrected chi connectivity index (χ1v) is 4.40. The number of hydrogen-bond acceptors (Lipinski definition) is 3. The van der Waals surface area contributed by atoms with Crippen molar-refractivity contribution in [3.05, 3.63) is 28.8 Å². The lowest BCUT2D eigenvalue weighted by Crippen LogP contribution is -2.13. The van der Waals surface area contributed by atoms with E-state index in [2.05, 4.69) is 4.74 Å². The van der Waals surface area contributed by atoms with Crippen LogP contribution in [-0.2, 0) is 6.18 Å². The Balaban J connectivity index is 3.45. The third-order valence-corrected chi connectivity index (χ3v) is 1.96. The standard InChI is InChI=1S/C10H5F5O3/c11-9(12)18-6-1-5(3-16)7(4-17)8(2-6)10(13,14)15/h1-4,9H. The molecule has 1 aromatic rings. The van der Waals surface area contributed by atoms with E-state index in [4.69, 9.17) is 0 Å².